The summed E-state index contributed by atoms with van der Waals surface area (Å²) >= 11 is 2.02. The lowest BCUT2D eigenvalue weighted by Crippen LogP contribution is -2.22. The van der Waals surface area contributed by atoms with Crippen molar-refractivity contribution in [3.63, 3.8) is 0 Å². The summed E-state index contributed by atoms with van der Waals surface area (Å²) in [5.41, 5.74) is 1.22. The smallest absolute Gasteiger partial charge is 0.0729 e. The van der Waals surface area contributed by atoms with Crippen molar-refractivity contribution < 1.29 is 0 Å². The normalized spacial score (nSPS) is 21.9. The van der Waals surface area contributed by atoms with Gasteiger partial charge in [-0.2, -0.15) is 16.9 Å². The Morgan fingerprint density at radius 1 is 1.53 bits per heavy atom. The monoisotopic (exact) mass is 225 g/mol. The topological polar surface area (TPSA) is 29.9 Å². The molecule has 1 saturated heterocycles. The first kappa shape index (κ1) is 10.9. The van der Waals surface area contributed by atoms with Gasteiger partial charge in [0.1, 0.15) is 0 Å². The summed E-state index contributed by atoms with van der Waals surface area (Å²) in [6.45, 7) is 6.49. The summed E-state index contributed by atoms with van der Waals surface area (Å²) in [7, 11) is 0. The van der Waals surface area contributed by atoms with Crippen molar-refractivity contribution in [1.82, 2.24) is 9.78 Å². The zero-order valence-electron chi connectivity index (χ0n) is 9.66. The molecule has 0 aliphatic carbocycles. The van der Waals surface area contributed by atoms with Crippen LogP contribution >= 0.6 is 11.8 Å². The lowest BCUT2D eigenvalue weighted by Gasteiger charge is -2.18. The van der Waals surface area contributed by atoms with E-state index >= 15 is 0 Å². The van der Waals surface area contributed by atoms with Gasteiger partial charge in [0.15, 0.2) is 0 Å². The molecule has 1 aliphatic rings. The average Bonchev–Trinajstić information content (AvgIpc) is 2.73. The molecular weight excluding hydrogens is 206 g/mol. The van der Waals surface area contributed by atoms with Gasteiger partial charge < -0.3 is 5.32 Å². The molecule has 1 atom stereocenters. The van der Waals surface area contributed by atoms with Crippen molar-refractivity contribution in [3.8, 4) is 0 Å². The minimum Gasteiger partial charge on any atom is -0.379 e. The summed E-state index contributed by atoms with van der Waals surface area (Å²) in [5, 5.41) is 7.91. The third kappa shape index (κ3) is 2.68. The molecule has 0 aromatic carbocycles. The van der Waals surface area contributed by atoms with Crippen LogP contribution in [0, 0.1) is 0 Å². The molecule has 1 aromatic heterocycles. The molecule has 1 fully saturated rings. The Bertz CT molecular complexity index is 321. The molecule has 2 heterocycles. The second-order valence-corrected chi connectivity index (χ2v) is 6.20. The van der Waals surface area contributed by atoms with Crippen LogP contribution in [-0.2, 0) is 5.54 Å². The third-order valence-electron chi connectivity index (χ3n) is 2.57. The first-order valence-corrected chi connectivity index (χ1v) is 6.60. The van der Waals surface area contributed by atoms with E-state index in [9.17, 15) is 0 Å². The molecule has 0 saturated carbocycles. The van der Waals surface area contributed by atoms with Crippen LogP contribution in [0.1, 0.15) is 27.2 Å². The SMILES string of the molecule is CC(C)(C)n1cc(NC2CCSC2)cn1. The summed E-state index contributed by atoms with van der Waals surface area (Å²) in [5.74, 6) is 2.51. The van der Waals surface area contributed by atoms with Gasteiger partial charge in [-0.05, 0) is 32.9 Å². The molecule has 0 spiro atoms. The van der Waals surface area contributed by atoms with Gasteiger partial charge in [-0.25, -0.2) is 0 Å². The van der Waals surface area contributed by atoms with Crippen LogP contribution in [0.2, 0.25) is 0 Å². The quantitative estimate of drug-likeness (QED) is 0.839. The van der Waals surface area contributed by atoms with E-state index in [1.54, 1.807) is 0 Å². The van der Waals surface area contributed by atoms with Crippen molar-refractivity contribution >= 4 is 17.4 Å². The number of hydrogen-bond donors (Lipinski definition) is 1. The van der Waals surface area contributed by atoms with Crippen molar-refractivity contribution in [2.45, 2.75) is 38.8 Å². The van der Waals surface area contributed by atoms with Crippen LogP contribution in [0.3, 0.4) is 0 Å². The minimum absolute atomic E-state index is 0.0738. The van der Waals surface area contributed by atoms with E-state index in [-0.39, 0.29) is 5.54 Å². The molecule has 4 heteroatoms. The van der Waals surface area contributed by atoms with E-state index in [1.807, 2.05) is 22.6 Å². The summed E-state index contributed by atoms with van der Waals surface area (Å²) in [4.78, 5) is 0. The lowest BCUT2D eigenvalue weighted by atomic mass is 10.1. The van der Waals surface area contributed by atoms with E-state index in [2.05, 4.69) is 37.4 Å². The van der Waals surface area contributed by atoms with Crippen molar-refractivity contribution in [1.29, 1.82) is 0 Å². The maximum absolute atomic E-state index is 4.38. The maximum atomic E-state index is 4.38. The number of rotatable bonds is 2. The summed E-state index contributed by atoms with van der Waals surface area (Å²) < 4.78 is 2.01. The first-order valence-electron chi connectivity index (χ1n) is 5.45. The molecule has 1 N–H and O–H groups in total. The molecule has 0 bridgehead atoms. The van der Waals surface area contributed by atoms with Gasteiger partial charge in [-0.3, -0.25) is 4.68 Å². The standard InChI is InChI=1S/C11H19N3S/c1-11(2,3)14-7-10(6-12-14)13-9-4-5-15-8-9/h6-7,9,13H,4-5,8H2,1-3H3. The maximum Gasteiger partial charge on any atom is 0.0729 e. The van der Waals surface area contributed by atoms with E-state index in [0.717, 1.165) is 5.69 Å². The molecule has 1 aliphatic heterocycles. The fourth-order valence-electron chi connectivity index (χ4n) is 1.65. The Kier molecular flexibility index (Phi) is 2.96. The fourth-order valence-corrected chi connectivity index (χ4v) is 2.80. The Balaban J connectivity index is 2.00. The Hall–Kier alpha value is -0.640. The van der Waals surface area contributed by atoms with Gasteiger partial charge in [0, 0.05) is 18.0 Å². The third-order valence-corrected chi connectivity index (χ3v) is 3.73. The molecule has 1 unspecified atom stereocenters. The van der Waals surface area contributed by atoms with E-state index in [1.165, 1.54) is 17.9 Å². The van der Waals surface area contributed by atoms with Gasteiger partial charge in [-0.15, -0.1) is 0 Å². The van der Waals surface area contributed by atoms with Crippen molar-refractivity contribution in [3.05, 3.63) is 12.4 Å². The van der Waals surface area contributed by atoms with Gasteiger partial charge in [0.25, 0.3) is 0 Å². The van der Waals surface area contributed by atoms with Crippen LogP contribution in [0.25, 0.3) is 0 Å². The number of thioether (sulfide) groups is 1. The highest BCUT2D eigenvalue weighted by Gasteiger charge is 2.17. The van der Waals surface area contributed by atoms with Crippen molar-refractivity contribution in [2.75, 3.05) is 16.8 Å². The highest BCUT2D eigenvalue weighted by Crippen LogP contribution is 2.22. The molecule has 2 rings (SSSR count). The van der Waals surface area contributed by atoms with Crippen LogP contribution in [0.5, 0.6) is 0 Å². The molecular formula is C11H19N3S. The van der Waals surface area contributed by atoms with Gasteiger partial charge in [-0.1, -0.05) is 0 Å². The number of anilines is 1. The lowest BCUT2D eigenvalue weighted by molar-refractivity contribution is 0.355. The van der Waals surface area contributed by atoms with Crippen LogP contribution < -0.4 is 5.32 Å². The predicted octanol–water partition coefficient (Wildman–Crippen LogP) is 2.56. The van der Waals surface area contributed by atoms with Crippen LogP contribution in [0.15, 0.2) is 12.4 Å². The fraction of sp³-hybridized carbons (Fsp3) is 0.727. The van der Waals surface area contributed by atoms with E-state index < -0.39 is 0 Å². The molecule has 15 heavy (non-hydrogen) atoms. The number of aromatic nitrogens is 2. The summed E-state index contributed by atoms with van der Waals surface area (Å²) in [6, 6.07) is 0.632. The number of nitrogens with one attached hydrogen (secondary N) is 1. The number of nitrogens with zero attached hydrogens (tertiary/aromatic N) is 2. The van der Waals surface area contributed by atoms with Gasteiger partial charge >= 0.3 is 0 Å². The minimum atomic E-state index is 0.0738. The predicted molar refractivity (Wildman–Crippen MR) is 66.6 cm³/mol. The zero-order chi connectivity index (χ0) is 10.9. The van der Waals surface area contributed by atoms with E-state index in [0.29, 0.717) is 6.04 Å². The van der Waals surface area contributed by atoms with Gasteiger partial charge in [0.05, 0.1) is 17.4 Å². The first-order chi connectivity index (χ1) is 7.05. The zero-order valence-corrected chi connectivity index (χ0v) is 10.5. The molecule has 84 valence electrons. The Labute approximate surface area is 95.6 Å². The molecule has 1 aromatic rings. The Morgan fingerprint density at radius 3 is 2.87 bits per heavy atom. The summed E-state index contributed by atoms with van der Waals surface area (Å²) in [6.07, 6.45) is 5.29. The second-order valence-electron chi connectivity index (χ2n) is 5.05. The molecule has 0 amide bonds. The van der Waals surface area contributed by atoms with Crippen LogP contribution in [0.4, 0.5) is 5.69 Å². The average molecular weight is 225 g/mol. The number of hydrogen-bond acceptors (Lipinski definition) is 3. The molecule has 0 radical (unpaired) electrons. The highest BCUT2D eigenvalue weighted by atomic mass is 32.2. The van der Waals surface area contributed by atoms with Crippen LogP contribution in [-0.4, -0.2) is 27.3 Å². The second kappa shape index (κ2) is 4.08. The Morgan fingerprint density at radius 2 is 2.33 bits per heavy atom. The van der Waals surface area contributed by atoms with Gasteiger partial charge in [0.2, 0.25) is 0 Å². The largest absolute Gasteiger partial charge is 0.379 e. The van der Waals surface area contributed by atoms with Crippen molar-refractivity contribution in [2.24, 2.45) is 0 Å². The highest BCUT2D eigenvalue weighted by molar-refractivity contribution is 7.99. The van der Waals surface area contributed by atoms with E-state index in [4.69, 9.17) is 0 Å². The molecule has 3 nitrogen and oxygen atoms in total.